The van der Waals surface area contributed by atoms with Gasteiger partial charge in [0, 0.05) is 12.1 Å². The minimum absolute atomic E-state index is 0.0488. The monoisotopic (exact) mass is 260 g/mol. The summed E-state index contributed by atoms with van der Waals surface area (Å²) < 4.78 is 0. The predicted molar refractivity (Wildman–Crippen MR) is 71.3 cm³/mol. The summed E-state index contributed by atoms with van der Waals surface area (Å²) >= 11 is 1.38. The Morgan fingerprint density at radius 2 is 2.28 bits per heavy atom. The van der Waals surface area contributed by atoms with Gasteiger partial charge in [-0.2, -0.15) is 0 Å². The number of nitrogens with zero attached hydrogens (tertiary/aromatic N) is 1. The zero-order valence-electron chi connectivity index (χ0n) is 9.63. The minimum atomic E-state index is -0.322. The second kappa shape index (κ2) is 4.57. The smallest absolute Gasteiger partial charge is 0.283 e. The van der Waals surface area contributed by atoms with Crippen LogP contribution in [0.2, 0.25) is 0 Å². The Kier molecular flexibility index (Phi) is 2.91. The molecule has 18 heavy (non-hydrogen) atoms. The third-order valence-corrected chi connectivity index (χ3v) is 4.04. The molecule has 1 atom stereocenters. The molecule has 0 aromatic rings. The maximum atomic E-state index is 11.8. The van der Waals surface area contributed by atoms with Gasteiger partial charge in [0.05, 0.1) is 15.9 Å². The number of carbonyl (C=O) groups excluding carboxylic acids is 2. The minimum Gasteiger partial charge on any atom is -0.350 e. The summed E-state index contributed by atoms with van der Waals surface area (Å²) in [5.74, 6) is -0.514. The summed E-state index contributed by atoms with van der Waals surface area (Å²) in [6.07, 6.45) is 11.0. The average molecular weight is 260 g/mol. The molecule has 92 valence electrons. The lowest BCUT2D eigenvalue weighted by Crippen LogP contribution is -2.26. The molecule has 3 aliphatic rings. The van der Waals surface area contributed by atoms with E-state index in [9.17, 15) is 9.59 Å². The molecule has 0 saturated heterocycles. The molecule has 2 aliphatic carbocycles. The average Bonchev–Trinajstić information content (AvgIpc) is 3.14. The van der Waals surface area contributed by atoms with Gasteiger partial charge in [0.2, 0.25) is 5.91 Å². The number of thioether (sulfide) groups is 1. The van der Waals surface area contributed by atoms with Crippen molar-refractivity contribution in [2.45, 2.75) is 24.1 Å². The quantitative estimate of drug-likeness (QED) is 0.763. The van der Waals surface area contributed by atoms with Gasteiger partial charge in [0.15, 0.2) is 0 Å². The molecule has 0 spiro atoms. The Morgan fingerprint density at radius 3 is 3.06 bits per heavy atom. The van der Waals surface area contributed by atoms with Gasteiger partial charge in [-0.25, -0.2) is 4.99 Å². The van der Waals surface area contributed by atoms with Crippen LogP contribution < -0.4 is 5.32 Å². The molecule has 1 heterocycles. The number of rotatable bonds is 2. The first-order valence-corrected chi connectivity index (χ1v) is 6.77. The summed E-state index contributed by atoms with van der Waals surface area (Å²) in [6, 6.07) is 0.301. The van der Waals surface area contributed by atoms with E-state index >= 15 is 0 Å². The van der Waals surface area contributed by atoms with Crippen LogP contribution in [0.1, 0.15) is 12.8 Å². The largest absolute Gasteiger partial charge is 0.350 e. The second-order valence-corrected chi connectivity index (χ2v) is 5.60. The SMILES string of the molecule is O=C(/C=C1\SC2C=CC=CC2=NC1=O)NC1CC1. The fraction of sp³-hybridized carbons (Fsp3) is 0.308. The lowest BCUT2D eigenvalue weighted by molar-refractivity contribution is -0.117. The molecule has 1 aliphatic heterocycles. The summed E-state index contributed by atoms with van der Waals surface area (Å²) in [5, 5.41) is 2.88. The number of amides is 2. The molecule has 1 fully saturated rings. The molecule has 0 bridgehead atoms. The Hall–Kier alpha value is -1.62. The highest BCUT2D eigenvalue weighted by atomic mass is 32.2. The van der Waals surface area contributed by atoms with E-state index in [0.29, 0.717) is 10.9 Å². The number of hydrogen-bond donors (Lipinski definition) is 1. The molecule has 1 N–H and O–H groups in total. The van der Waals surface area contributed by atoms with E-state index in [-0.39, 0.29) is 17.1 Å². The topological polar surface area (TPSA) is 58.5 Å². The molecule has 4 nitrogen and oxygen atoms in total. The number of aliphatic imine (C=N–C) groups is 1. The van der Waals surface area contributed by atoms with Crippen molar-refractivity contribution in [2.24, 2.45) is 4.99 Å². The Balaban J connectivity index is 1.77. The van der Waals surface area contributed by atoms with Crippen LogP contribution in [0, 0.1) is 0 Å². The van der Waals surface area contributed by atoms with Crippen molar-refractivity contribution in [3.05, 3.63) is 35.3 Å². The maximum absolute atomic E-state index is 11.8. The van der Waals surface area contributed by atoms with Gasteiger partial charge in [0.25, 0.3) is 5.91 Å². The molecule has 3 rings (SSSR count). The Labute approximate surface area is 109 Å². The number of fused-ring (bicyclic) bond motifs is 1. The van der Waals surface area contributed by atoms with Gasteiger partial charge >= 0.3 is 0 Å². The summed E-state index contributed by atoms with van der Waals surface area (Å²) in [5.41, 5.74) is 0.757. The van der Waals surface area contributed by atoms with Gasteiger partial charge in [-0.05, 0) is 18.9 Å². The third kappa shape index (κ3) is 2.46. The van der Waals surface area contributed by atoms with Crippen LogP contribution in [-0.2, 0) is 9.59 Å². The maximum Gasteiger partial charge on any atom is 0.283 e. The number of allylic oxidation sites excluding steroid dienone is 3. The summed E-state index contributed by atoms with van der Waals surface area (Å²) in [6.45, 7) is 0. The van der Waals surface area contributed by atoms with Crippen molar-refractivity contribution in [2.75, 3.05) is 0 Å². The summed E-state index contributed by atoms with van der Waals surface area (Å²) in [7, 11) is 0. The van der Waals surface area contributed by atoms with E-state index in [2.05, 4.69) is 10.3 Å². The van der Waals surface area contributed by atoms with Crippen LogP contribution in [0.3, 0.4) is 0 Å². The van der Waals surface area contributed by atoms with Crippen molar-refractivity contribution in [1.82, 2.24) is 5.32 Å². The first-order chi connectivity index (χ1) is 8.72. The molecule has 1 saturated carbocycles. The van der Waals surface area contributed by atoms with Crippen molar-refractivity contribution in [3.63, 3.8) is 0 Å². The van der Waals surface area contributed by atoms with Gasteiger partial charge in [-0.1, -0.05) is 18.2 Å². The van der Waals surface area contributed by atoms with E-state index < -0.39 is 0 Å². The molecule has 1 unspecified atom stereocenters. The molecular weight excluding hydrogens is 248 g/mol. The first-order valence-electron chi connectivity index (χ1n) is 5.89. The zero-order chi connectivity index (χ0) is 12.5. The van der Waals surface area contributed by atoms with Crippen LogP contribution in [0.25, 0.3) is 0 Å². The van der Waals surface area contributed by atoms with Crippen molar-refractivity contribution >= 4 is 29.3 Å². The Bertz CT molecular complexity index is 527. The van der Waals surface area contributed by atoms with Crippen LogP contribution in [0.15, 0.2) is 40.3 Å². The van der Waals surface area contributed by atoms with Crippen LogP contribution in [-0.4, -0.2) is 28.8 Å². The van der Waals surface area contributed by atoms with E-state index in [1.54, 1.807) is 0 Å². The molecule has 2 amide bonds. The highest BCUT2D eigenvalue weighted by Gasteiger charge is 2.27. The number of carbonyl (C=O) groups is 2. The van der Waals surface area contributed by atoms with E-state index in [0.717, 1.165) is 18.6 Å². The lowest BCUT2D eigenvalue weighted by atomic mass is 10.1. The van der Waals surface area contributed by atoms with E-state index in [4.69, 9.17) is 0 Å². The second-order valence-electron chi connectivity index (χ2n) is 4.42. The predicted octanol–water partition coefficient (Wildman–Crippen LogP) is 1.36. The highest BCUT2D eigenvalue weighted by molar-refractivity contribution is 8.05. The number of nitrogens with one attached hydrogen (secondary N) is 1. The fourth-order valence-electron chi connectivity index (χ4n) is 1.76. The highest BCUT2D eigenvalue weighted by Crippen LogP contribution is 2.31. The fourth-order valence-corrected chi connectivity index (χ4v) is 2.77. The van der Waals surface area contributed by atoms with E-state index in [1.165, 1.54) is 17.8 Å². The number of hydrogen-bond acceptors (Lipinski definition) is 3. The summed E-state index contributed by atoms with van der Waals surface area (Å²) in [4.78, 5) is 27.8. The zero-order valence-corrected chi connectivity index (χ0v) is 10.4. The molecule has 0 radical (unpaired) electrons. The van der Waals surface area contributed by atoms with E-state index in [1.807, 2.05) is 24.3 Å². The first kappa shape index (κ1) is 11.5. The Morgan fingerprint density at radius 1 is 1.44 bits per heavy atom. The van der Waals surface area contributed by atoms with Crippen LogP contribution in [0.5, 0.6) is 0 Å². The molecule has 5 heteroatoms. The van der Waals surface area contributed by atoms with Crippen molar-refractivity contribution in [3.8, 4) is 0 Å². The van der Waals surface area contributed by atoms with Crippen LogP contribution in [0.4, 0.5) is 0 Å². The normalized spacial score (nSPS) is 28.0. The molecule has 0 aromatic carbocycles. The standard InChI is InChI=1S/C13H12N2O2S/c16-12(14-8-5-6-8)7-11-13(17)15-9-3-1-2-4-10(9)18-11/h1-4,7-8,10H,5-6H2,(H,14,16)/b11-7-. The third-order valence-electron chi connectivity index (χ3n) is 2.84. The van der Waals surface area contributed by atoms with Gasteiger partial charge in [-0.15, -0.1) is 11.8 Å². The molecular formula is C13H12N2O2S. The lowest BCUT2D eigenvalue weighted by Gasteiger charge is -2.20. The molecule has 0 aromatic heterocycles. The van der Waals surface area contributed by atoms with Crippen molar-refractivity contribution in [1.29, 1.82) is 0 Å². The van der Waals surface area contributed by atoms with Crippen molar-refractivity contribution < 1.29 is 9.59 Å². The van der Waals surface area contributed by atoms with Gasteiger partial charge in [0.1, 0.15) is 0 Å². The van der Waals surface area contributed by atoms with Crippen LogP contribution >= 0.6 is 11.8 Å². The van der Waals surface area contributed by atoms with Gasteiger partial charge < -0.3 is 5.32 Å². The van der Waals surface area contributed by atoms with Gasteiger partial charge in [-0.3, -0.25) is 9.59 Å².